The molecule has 1 heterocycles. The molecule has 1 aromatic carbocycles. The van der Waals surface area contributed by atoms with Gasteiger partial charge in [0.2, 0.25) is 0 Å². The molecule has 0 saturated heterocycles. The summed E-state index contributed by atoms with van der Waals surface area (Å²) in [6, 6.07) is 8.23. The number of sulfone groups is 1. The molecule has 2 aromatic rings. The van der Waals surface area contributed by atoms with Crippen molar-refractivity contribution in [2.45, 2.75) is 11.4 Å². The van der Waals surface area contributed by atoms with Crippen molar-refractivity contribution in [3.63, 3.8) is 0 Å². The van der Waals surface area contributed by atoms with E-state index in [-0.39, 0.29) is 16.4 Å². The molecule has 106 valence electrons. The van der Waals surface area contributed by atoms with Crippen LogP contribution in [0.25, 0.3) is 0 Å². The number of thiophene rings is 1. The molecule has 6 heteroatoms. The van der Waals surface area contributed by atoms with Crippen LogP contribution in [0, 0.1) is 0 Å². The highest BCUT2D eigenvalue weighted by Crippen LogP contribution is 2.18. The van der Waals surface area contributed by atoms with Crippen LogP contribution in [0.15, 0.2) is 46.0 Å². The van der Waals surface area contributed by atoms with Gasteiger partial charge in [0.1, 0.15) is 0 Å². The van der Waals surface area contributed by atoms with Gasteiger partial charge in [0.25, 0.3) is 5.91 Å². The minimum atomic E-state index is -3.42. The first-order valence-corrected chi connectivity index (χ1v) is 8.78. The van der Waals surface area contributed by atoms with Crippen LogP contribution in [0.2, 0.25) is 0 Å². The Balaban J connectivity index is 2.30. The van der Waals surface area contributed by atoms with Crippen molar-refractivity contribution in [2.24, 2.45) is 0 Å². The molecule has 0 saturated carbocycles. The van der Waals surface area contributed by atoms with Gasteiger partial charge >= 0.3 is 0 Å². The van der Waals surface area contributed by atoms with E-state index in [0.29, 0.717) is 6.54 Å². The van der Waals surface area contributed by atoms with E-state index in [9.17, 15) is 13.2 Å². The molecule has 0 N–H and O–H groups in total. The fourth-order valence-electron chi connectivity index (χ4n) is 1.90. The second-order valence-corrected chi connectivity index (χ2v) is 7.33. The zero-order chi connectivity index (χ0) is 14.8. The molecule has 0 aliphatic carbocycles. The maximum absolute atomic E-state index is 12.4. The number of carbonyl (C=O) groups excluding carboxylic acids is 1. The summed E-state index contributed by atoms with van der Waals surface area (Å²) in [5.41, 5.74) is 1.25. The molecular weight excluding hydrogens is 294 g/mol. The molecule has 4 nitrogen and oxygen atoms in total. The molecule has 0 spiro atoms. The molecule has 0 aliphatic heterocycles. The number of benzene rings is 1. The maximum atomic E-state index is 12.4. The maximum Gasteiger partial charge on any atom is 0.255 e. The topological polar surface area (TPSA) is 54.5 Å². The first-order chi connectivity index (χ1) is 9.39. The van der Waals surface area contributed by atoms with Gasteiger partial charge in [-0.2, -0.15) is 11.3 Å². The Morgan fingerprint density at radius 3 is 2.55 bits per heavy atom. The zero-order valence-electron chi connectivity index (χ0n) is 11.2. The van der Waals surface area contributed by atoms with E-state index in [1.165, 1.54) is 11.0 Å². The Morgan fingerprint density at radius 2 is 1.95 bits per heavy atom. The van der Waals surface area contributed by atoms with E-state index < -0.39 is 9.84 Å². The van der Waals surface area contributed by atoms with E-state index in [2.05, 4.69) is 0 Å². The number of nitrogens with zero attached hydrogens (tertiary/aromatic N) is 1. The fourth-order valence-corrected chi connectivity index (χ4v) is 3.44. The summed E-state index contributed by atoms with van der Waals surface area (Å²) in [5, 5.41) is 3.91. The Morgan fingerprint density at radius 1 is 1.25 bits per heavy atom. The summed E-state index contributed by atoms with van der Waals surface area (Å²) in [4.78, 5) is 14.0. The predicted molar refractivity (Wildman–Crippen MR) is 79.7 cm³/mol. The van der Waals surface area contributed by atoms with E-state index in [0.717, 1.165) is 11.8 Å². The summed E-state index contributed by atoms with van der Waals surface area (Å²) in [6.45, 7) is 0.459. The third-order valence-electron chi connectivity index (χ3n) is 2.86. The second kappa shape index (κ2) is 5.76. The lowest BCUT2D eigenvalue weighted by Gasteiger charge is -2.18. The number of amides is 1. The molecule has 20 heavy (non-hydrogen) atoms. The monoisotopic (exact) mass is 309 g/mol. The Hall–Kier alpha value is -1.66. The van der Waals surface area contributed by atoms with Crippen molar-refractivity contribution in [3.8, 4) is 0 Å². The van der Waals surface area contributed by atoms with Crippen LogP contribution in [0.1, 0.15) is 15.9 Å². The lowest BCUT2D eigenvalue weighted by Crippen LogP contribution is -2.27. The first-order valence-electron chi connectivity index (χ1n) is 5.95. The van der Waals surface area contributed by atoms with Crippen LogP contribution in [0.4, 0.5) is 0 Å². The molecule has 1 amide bonds. The fraction of sp³-hybridized carbons (Fsp3) is 0.214. The molecule has 1 aromatic heterocycles. The molecule has 0 bridgehead atoms. The molecule has 0 aliphatic rings. The van der Waals surface area contributed by atoms with Crippen LogP contribution < -0.4 is 0 Å². The standard InChI is InChI=1S/C14H15NO3S2/c1-15(9-11-7-8-19-10-11)14(16)12-5-3-4-6-13(12)20(2,17)18/h3-8,10H,9H2,1-2H3. The molecule has 0 unspecified atom stereocenters. The highest BCUT2D eigenvalue weighted by Gasteiger charge is 2.20. The van der Waals surface area contributed by atoms with Gasteiger partial charge in [-0.15, -0.1) is 0 Å². The SMILES string of the molecule is CN(Cc1ccsc1)C(=O)c1ccccc1S(C)(=O)=O. The Labute approximate surface area is 122 Å². The summed E-state index contributed by atoms with van der Waals surface area (Å²) < 4.78 is 23.5. The minimum Gasteiger partial charge on any atom is -0.337 e. The largest absolute Gasteiger partial charge is 0.337 e. The van der Waals surface area contributed by atoms with Crippen molar-refractivity contribution in [3.05, 3.63) is 52.2 Å². The van der Waals surface area contributed by atoms with Crippen molar-refractivity contribution in [1.29, 1.82) is 0 Å². The van der Waals surface area contributed by atoms with E-state index in [1.807, 2.05) is 16.8 Å². The van der Waals surface area contributed by atoms with Gasteiger partial charge in [0.15, 0.2) is 9.84 Å². The van der Waals surface area contributed by atoms with Gasteiger partial charge in [0, 0.05) is 19.8 Å². The normalized spacial score (nSPS) is 11.3. The van der Waals surface area contributed by atoms with E-state index >= 15 is 0 Å². The summed E-state index contributed by atoms with van der Waals surface area (Å²) in [7, 11) is -1.75. The molecular formula is C14H15NO3S2. The van der Waals surface area contributed by atoms with Crippen LogP contribution >= 0.6 is 11.3 Å². The highest BCUT2D eigenvalue weighted by atomic mass is 32.2. The first kappa shape index (κ1) is 14.7. The smallest absolute Gasteiger partial charge is 0.255 e. The number of rotatable bonds is 4. The summed E-state index contributed by atoms with van der Waals surface area (Å²) >= 11 is 1.56. The average molecular weight is 309 g/mol. The highest BCUT2D eigenvalue weighted by molar-refractivity contribution is 7.90. The van der Waals surface area contributed by atoms with E-state index in [4.69, 9.17) is 0 Å². The van der Waals surface area contributed by atoms with Crippen molar-refractivity contribution >= 4 is 27.1 Å². The van der Waals surface area contributed by atoms with E-state index in [1.54, 1.807) is 36.6 Å². The van der Waals surface area contributed by atoms with Gasteiger partial charge in [-0.25, -0.2) is 8.42 Å². The molecule has 2 rings (SSSR count). The van der Waals surface area contributed by atoms with Crippen LogP contribution in [-0.4, -0.2) is 32.5 Å². The lowest BCUT2D eigenvalue weighted by atomic mass is 10.2. The quantitative estimate of drug-likeness (QED) is 0.871. The Bertz CT molecular complexity index is 706. The molecule has 0 radical (unpaired) electrons. The van der Waals surface area contributed by atoms with Crippen molar-refractivity contribution < 1.29 is 13.2 Å². The van der Waals surface area contributed by atoms with Crippen LogP contribution in [-0.2, 0) is 16.4 Å². The van der Waals surface area contributed by atoms with Gasteiger partial charge in [-0.05, 0) is 34.5 Å². The van der Waals surface area contributed by atoms with Gasteiger partial charge in [-0.3, -0.25) is 4.79 Å². The van der Waals surface area contributed by atoms with Gasteiger partial charge < -0.3 is 4.90 Å². The van der Waals surface area contributed by atoms with Gasteiger partial charge in [0.05, 0.1) is 10.5 Å². The predicted octanol–water partition coefficient (Wildman–Crippen LogP) is 2.42. The molecule has 0 fully saturated rings. The average Bonchev–Trinajstić information content (AvgIpc) is 2.89. The minimum absolute atomic E-state index is 0.0715. The third-order valence-corrected chi connectivity index (χ3v) is 4.75. The number of hydrogen-bond acceptors (Lipinski definition) is 4. The van der Waals surface area contributed by atoms with Crippen molar-refractivity contribution in [2.75, 3.05) is 13.3 Å². The third kappa shape index (κ3) is 3.26. The number of carbonyl (C=O) groups is 1. The second-order valence-electron chi connectivity index (χ2n) is 4.56. The summed E-state index contributed by atoms with van der Waals surface area (Å²) in [6.07, 6.45) is 1.11. The molecule has 0 atom stereocenters. The van der Waals surface area contributed by atoms with Crippen LogP contribution in [0.3, 0.4) is 0 Å². The number of hydrogen-bond donors (Lipinski definition) is 0. The summed E-state index contributed by atoms with van der Waals surface area (Å²) in [5.74, 6) is -0.294. The van der Waals surface area contributed by atoms with Gasteiger partial charge in [-0.1, -0.05) is 12.1 Å². The van der Waals surface area contributed by atoms with Crippen molar-refractivity contribution in [1.82, 2.24) is 4.90 Å². The Kier molecular flexibility index (Phi) is 4.25. The van der Waals surface area contributed by atoms with Crippen LogP contribution in [0.5, 0.6) is 0 Å². The lowest BCUT2D eigenvalue weighted by molar-refractivity contribution is 0.0781. The zero-order valence-corrected chi connectivity index (χ0v) is 12.9.